The molecule has 0 aliphatic rings. The van der Waals surface area contributed by atoms with Crippen LogP contribution in [0.3, 0.4) is 0 Å². The number of aryl methyl sites for hydroxylation is 2. The van der Waals surface area contributed by atoms with Crippen molar-refractivity contribution in [2.45, 2.75) is 13.3 Å². The van der Waals surface area contributed by atoms with Crippen LogP contribution in [-0.4, -0.2) is 14.5 Å². The fourth-order valence-electron chi connectivity index (χ4n) is 3.38. The Bertz CT molecular complexity index is 1270. The predicted molar refractivity (Wildman–Crippen MR) is 105 cm³/mol. The third kappa shape index (κ3) is 3.07. The number of rotatable bonds is 4. The van der Waals surface area contributed by atoms with Crippen LogP contribution in [0.15, 0.2) is 64.2 Å². The van der Waals surface area contributed by atoms with Crippen molar-refractivity contribution in [2.24, 2.45) is 7.05 Å². The van der Waals surface area contributed by atoms with Crippen LogP contribution in [0.5, 0.6) is 0 Å². The Morgan fingerprint density at radius 1 is 1.21 bits per heavy atom. The Balaban J connectivity index is 1.78. The van der Waals surface area contributed by atoms with Gasteiger partial charge in [-0.05, 0) is 24.1 Å². The molecule has 0 fully saturated rings. The first-order valence-corrected chi connectivity index (χ1v) is 8.70. The minimum Gasteiger partial charge on any atom is -0.422 e. The van der Waals surface area contributed by atoms with Crippen molar-refractivity contribution in [3.05, 3.63) is 92.2 Å². The van der Waals surface area contributed by atoms with Crippen LogP contribution in [0.25, 0.3) is 22.2 Å². The molecule has 0 radical (unpaired) electrons. The van der Waals surface area contributed by atoms with E-state index in [2.05, 4.69) is 4.98 Å². The van der Waals surface area contributed by atoms with E-state index in [1.165, 1.54) is 12.1 Å². The standard InChI is InChI=1S/C21H17N3O4/c1-13-17-7-6-15(19-11-22-12-23(19)2)10-20(17)28-21(25)18(13)9-14-4-3-5-16(8-14)24(26)27/h3-8,10-12H,9H2,1-2H3. The zero-order chi connectivity index (χ0) is 19.8. The van der Waals surface area contributed by atoms with Crippen LogP contribution in [0.1, 0.15) is 16.7 Å². The van der Waals surface area contributed by atoms with Crippen LogP contribution in [0.2, 0.25) is 0 Å². The van der Waals surface area contributed by atoms with Crippen LogP contribution in [-0.2, 0) is 13.5 Å². The van der Waals surface area contributed by atoms with Gasteiger partial charge < -0.3 is 8.98 Å². The zero-order valence-corrected chi connectivity index (χ0v) is 15.4. The molecule has 0 unspecified atom stereocenters. The van der Waals surface area contributed by atoms with Gasteiger partial charge in [-0.25, -0.2) is 9.78 Å². The molecule has 0 atom stereocenters. The van der Waals surface area contributed by atoms with E-state index in [0.29, 0.717) is 16.7 Å². The Labute approximate surface area is 160 Å². The summed E-state index contributed by atoms with van der Waals surface area (Å²) in [4.78, 5) is 27.3. The maximum absolute atomic E-state index is 12.6. The minimum absolute atomic E-state index is 0.00106. The van der Waals surface area contributed by atoms with Gasteiger partial charge in [0.1, 0.15) is 5.58 Å². The quantitative estimate of drug-likeness (QED) is 0.305. The molecule has 4 aromatic rings. The predicted octanol–water partition coefficient (Wildman–Crippen LogP) is 4.00. The number of hydrogen-bond donors (Lipinski definition) is 0. The van der Waals surface area contributed by atoms with E-state index in [9.17, 15) is 14.9 Å². The minimum atomic E-state index is -0.445. The van der Waals surface area contributed by atoms with Gasteiger partial charge in [0.25, 0.3) is 5.69 Å². The molecule has 7 heteroatoms. The van der Waals surface area contributed by atoms with Gasteiger partial charge in [-0.3, -0.25) is 10.1 Å². The van der Waals surface area contributed by atoms with Crippen LogP contribution < -0.4 is 5.63 Å². The number of aromatic nitrogens is 2. The molecule has 2 heterocycles. The Morgan fingerprint density at radius 2 is 2.04 bits per heavy atom. The Hall–Kier alpha value is -3.74. The highest BCUT2D eigenvalue weighted by Crippen LogP contribution is 2.27. The lowest BCUT2D eigenvalue weighted by molar-refractivity contribution is -0.384. The van der Waals surface area contributed by atoms with E-state index in [1.807, 2.05) is 36.7 Å². The van der Waals surface area contributed by atoms with Gasteiger partial charge >= 0.3 is 5.63 Å². The number of fused-ring (bicyclic) bond motifs is 1. The lowest BCUT2D eigenvalue weighted by atomic mass is 9.98. The fourth-order valence-corrected chi connectivity index (χ4v) is 3.38. The monoisotopic (exact) mass is 375 g/mol. The van der Waals surface area contributed by atoms with Gasteiger partial charge in [0.2, 0.25) is 0 Å². The molecule has 4 rings (SSSR count). The van der Waals surface area contributed by atoms with Crippen molar-refractivity contribution in [3.8, 4) is 11.3 Å². The molecular formula is C21H17N3O4. The summed E-state index contributed by atoms with van der Waals surface area (Å²) in [5, 5.41) is 11.8. The van der Waals surface area contributed by atoms with E-state index < -0.39 is 10.5 Å². The first-order chi connectivity index (χ1) is 13.4. The summed E-state index contributed by atoms with van der Waals surface area (Å²) in [7, 11) is 1.90. The first kappa shape index (κ1) is 17.7. The molecule has 0 saturated heterocycles. The number of non-ortho nitro benzene ring substituents is 1. The van der Waals surface area contributed by atoms with Gasteiger partial charge in [0.15, 0.2) is 0 Å². The summed E-state index contributed by atoms with van der Waals surface area (Å²) < 4.78 is 7.47. The molecule has 140 valence electrons. The normalized spacial score (nSPS) is 11.1. The number of nitro benzene ring substituents is 1. The van der Waals surface area contributed by atoms with Crippen molar-refractivity contribution in [3.63, 3.8) is 0 Å². The van der Waals surface area contributed by atoms with E-state index in [-0.39, 0.29) is 12.1 Å². The smallest absolute Gasteiger partial charge is 0.340 e. The second kappa shape index (κ2) is 6.77. The topological polar surface area (TPSA) is 91.2 Å². The molecule has 0 aliphatic carbocycles. The molecule has 0 bridgehead atoms. The highest BCUT2D eigenvalue weighted by molar-refractivity contribution is 5.85. The third-order valence-electron chi connectivity index (χ3n) is 4.90. The first-order valence-electron chi connectivity index (χ1n) is 8.70. The average Bonchev–Trinajstić information content (AvgIpc) is 3.11. The summed E-state index contributed by atoms with van der Waals surface area (Å²) in [5.41, 5.74) is 3.90. The van der Waals surface area contributed by atoms with E-state index in [4.69, 9.17) is 4.42 Å². The number of hydrogen-bond acceptors (Lipinski definition) is 5. The van der Waals surface area contributed by atoms with Gasteiger partial charge in [-0.15, -0.1) is 0 Å². The molecule has 28 heavy (non-hydrogen) atoms. The summed E-state index contributed by atoms with van der Waals surface area (Å²) in [6, 6.07) is 12.0. The molecule has 2 aromatic carbocycles. The number of nitro groups is 1. The summed E-state index contributed by atoms with van der Waals surface area (Å²) in [5.74, 6) is 0. The highest BCUT2D eigenvalue weighted by Gasteiger charge is 2.15. The lowest BCUT2D eigenvalue weighted by Crippen LogP contribution is -2.11. The average molecular weight is 375 g/mol. The lowest BCUT2D eigenvalue weighted by Gasteiger charge is -2.09. The molecule has 0 aliphatic heterocycles. The maximum Gasteiger partial charge on any atom is 0.340 e. The number of imidazole rings is 1. The molecule has 0 saturated carbocycles. The van der Waals surface area contributed by atoms with Crippen LogP contribution in [0.4, 0.5) is 5.69 Å². The van der Waals surface area contributed by atoms with Crippen molar-refractivity contribution < 1.29 is 9.34 Å². The van der Waals surface area contributed by atoms with Gasteiger partial charge in [-0.1, -0.05) is 24.3 Å². The van der Waals surface area contributed by atoms with Crippen molar-refractivity contribution in [1.82, 2.24) is 9.55 Å². The van der Waals surface area contributed by atoms with Gasteiger partial charge in [-0.2, -0.15) is 0 Å². The SMILES string of the molecule is Cc1c(Cc2cccc([N+](=O)[O-])c2)c(=O)oc2cc(-c3cncn3C)ccc12. The highest BCUT2D eigenvalue weighted by atomic mass is 16.6. The second-order valence-corrected chi connectivity index (χ2v) is 6.70. The zero-order valence-electron chi connectivity index (χ0n) is 15.4. The third-order valence-corrected chi connectivity index (χ3v) is 4.90. The maximum atomic E-state index is 12.6. The molecular weight excluding hydrogens is 358 g/mol. The van der Waals surface area contributed by atoms with Crippen LogP contribution >= 0.6 is 0 Å². The molecule has 0 spiro atoms. The largest absolute Gasteiger partial charge is 0.422 e. The van der Waals surface area contributed by atoms with E-state index in [0.717, 1.165) is 22.2 Å². The van der Waals surface area contributed by atoms with Crippen molar-refractivity contribution >= 4 is 16.7 Å². The number of nitrogens with zero attached hydrogens (tertiary/aromatic N) is 3. The van der Waals surface area contributed by atoms with Crippen LogP contribution in [0, 0.1) is 17.0 Å². The van der Waals surface area contributed by atoms with Crippen molar-refractivity contribution in [1.29, 1.82) is 0 Å². The van der Waals surface area contributed by atoms with E-state index >= 15 is 0 Å². The van der Waals surface area contributed by atoms with Gasteiger partial charge in [0, 0.05) is 42.1 Å². The molecule has 7 nitrogen and oxygen atoms in total. The second-order valence-electron chi connectivity index (χ2n) is 6.70. The molecule has 0 amide bonds. The Morgan fingerprint density at radius 3 is 2.75 bits per heavy atom. The van der Waals surface area contributed by atoms with Crippen molar-refractivity contribution in [2.75, 3.05) is 0 Å². The van der Waals surface area contributed by atoms with Gasteiger partial charge in [0.05, 0.1) is 23.1 Å². The number of benzene rings is 2. The molecule has 2 aromatic heterocycles. The summed E-state index contributed by atoms with van der Waals surface area (Å²) >= 11 is 0. The fraction of sp³-hybridized carbons (Fsp3) is 0.143. The Kier molecular flexibility index (Phi) is 4.27. The molecule has 0 N–H and O–H groups in total. The summed E-state index contributed by atoms with van der Waals surface area (Å²) in [6.45, 7) is 1.87. The summed E-state index contributed by atoms with van der Waals surface area (Å²) in [6.07, 6.45) is 3.74. The van der Waals surface area contributed by atoms with E-state index in [1.54, 1.807) is 24.7 Å².